The molecule has 3 aromatic rings. The van der Waals surface area contributed by atoms with E-state index in [0.717, 1.165) is 35.3 Å². The topological polar surface area (TPSA) is 300 Å². The lowest BCUT2D eigenvalue weighted by atomic mass is 9.86. The van der Waals surface area contributed by atoms with E-state index >= 15 is 28.8 Å². The second-order valence-corrected chi connectivity index (χ2v) is 31.6. The number of benzene rings is 3. The first kappa shape index (κ1) is 90.2. The fraction of sp³-hybridized carbons (Fsp3) is 0.639. The summed E-state index contributed by atoms with van der Waals surface area (Å²) in [5, 5.41) is 10.9. The number of carbonyl (C=O) groups excluding carboxylic acids is 12. The number of hydrogen-bond acceptors (Lipinski definition) is 15. The fourth-order valence-electron chi connectivity index (χ4n) is 14.0. The van der Waals surface area contributed by atoms with E-state index in [9.17, 15) is 28.8 Å². The predicted molar refractivity (Wildman–Crippen MR) is 414 cm³/mol. The monoisotopic (exact) mass is 1500 g/mol. The van der Waals surface area contributed by atoms with Crippen molar-refractivity contribution in [3.05, 3.63) is 108 Å². The lowest BCUT2D eigenvalue weighted by Crippen LogP contribution is -2.64. The van der Waals surface area contributed by atoms with Gasteiger partial charge in [-0.25, -0.2) is 0 Å². The molecule has 25 nitrogen and oxygen atoms in total. The van der Waals surface area contributed by atoms with Crippen LogP contribution in [0.5, 0.6) is 0 Å². The number of amides is 10. The van der Waals surface area contributed by atoms with Crippen LogP contribution >= 0.6 is 0 Å². The molecule has 5 rings (SSSR count). The Labute approximate surface area is 641 Å². The Bertz CT molecular complexity index is 3430. The molecule has 0 aliphatic carbocycles. The van der Waals surface area contributed by atoms with Crippen molar-refractivity contribution in [3.8, 4) is 0 Å². The van der Waals surface area contributed by atoms with Crippen LogP contribution in [-0.2, 0) is 91.0 Å². The summed E-state index contributed by atoms with van der Waals surface area (Å²) in [5.74, 6) is -9.93. The standard InChI is InChI=1S/C83H126N10O15/c1-19-70(96)88(14)63(47-58-34-24-20-25-35-58)69(95)51-62(52-107-83(10,11)12)80(103)89(15)64(48-59-36-26-21-27-37-59)68(94)50-61(44-53(2)3)79(102)91(17)66(46-55(6)7)75(98)86-72(57(9)108-71-40-30-33-43-106-71)81(104)92(18)67(49-60-38-28-22-29-39-60)76(99)87-73(82(105)93-41-31-23-32-42-93)77(100)85-56(8)78(101)90(16)65(45-54(4)5)74(97)84-13/h20-22,24-29,34-39,53-57,61-67,71-73H,19,23,30-33,40-52H2,1-18H3,(H,84,97)(H,85,100)(H,86,98)(H,87,99)/t56-,57-,61-,62+,63+,64+,65+,66+,67+,71?,72+,73+/m1/s1. The molecule has 0 spiro atoms. The van der Waals surface area contributed by atoms with Gasteiger partial charge in [-0.15, -0.1) is 0 Å². The van der Waals surface area contributed by atoms with Gasteiger partial charge < -0.3 is 64.9 Å². The van der Waals surface area contributed by atoms with Gasteiger partial charge in [-0.3, -0.25) is 57.5 Å². The number of piperidine rings is 1. The third-order valence-electron chi connectivity index (χ3n) is 20.3. The number of ether oxygens (including phenoxy) is 3. The van der Waals surface area contributed by atoms with Crippen LogP contribution in [0.25, 0.3) is 0 Å². The fourth-order valence-corrected chi connectivity index (χ4v) is 14.0. The summed E-state index contributed by atoms with van der Waals surface area (Å²) in [6.07, 6.45) is 2.30. The summed E-state index contributed by atoms with van der Waals surface area (Å²) in [4.78, 5) is 186. The Morgan fingerprint density at radius 2 is 0.944 bits per heavy atom. The van der Waals surface area contributed by atoms with Gasteiger partial charge in [0, 0.05) is 93.6 Å². The van der Waals surface area contributed by atoms with E-state index in [2.05, 4.69) is 21.3 Å². The number of nitrogens with one attached hydrogen (secondary N) is 4. The average Bonchev–Trinajstić information content (AvgIpc) is 0.815. The van der Waals surface area contributed by atoms with Gasteiger partial charge >= 0.3 is 0 Å². The van der Waals surface area contributed by atoms with Crippen molar-refractivity contribution in [3.63, 3.8) is 0 Å². The molecule has 4 N–H and O–H groups in total. The quantitative estimate of drug-likeness (QED) is 0.0399. The van der Waals surface area contributed by atoms with Gasteiger partial charge in [-0.2, -0.15) is 0 Å². The van der Waals surface area contributed by atoms with Gasteiger partial charge in [0.15, 0.2) is 23.9 Å². The van der Waals surface area contributed by atoms with Crippen LogP contribution < -0.4 is 21.3 Å². The van der Waals surface area contributed by atoms with Crippen LogP contribution in [0, 0.1) is 29.6 Å². The maximum Gasteiger partial charge on any atom is 0.254 e. The summed E-state index contributed by atoms with van der Waals surface area (Å²) >= 11 is 0. The number of carbonyl (C=O) groups is 12. The lowest BCUT2D eigenvalue weighted by Gasteiger charge is -2.37. The summed E-state index contributed by atoms with van der Waals surface area (Å²) in [5.41, 5.74) is 1.39. The highest BCUT2D eigenvalue weighted by Crippen LogP contribution is 2.28. The molecule has 2 saturated heterocycles. The van der Waals surface area contributed by atoms with Crippen molar-refractivity contribution in [1.29, 1.82) is 0 Å². The molecule has 0 aromatic heterocycles. The Hall–Kier alpha value is -8.42. The van der Waals surface area contributed by atoms with Crippen molar-refractivity contribution >= 4 is 70.6 Å². The predicted octanol–water partition coefficient (Wildman–Crippen LogP) is 7.53. The summed E-state index contributed by atoms with van der Waals surface area (Å²) in [6, 6.07) is 16.8. The van der Waals surface area contributed by atoms with E-state index in [-0.39, 0.29) is 87.4 Å². The molecule has 0 radical (unpaired) electrons. The van der Waals surface area contributed by atoms with Gasteiger partial charge in [-0.1, -0.05) is 139 Å². The first-order chi connectivity index (χ1) is 51.0. The first-order valence-electron chi connectivity index (χ1n) is 38.8. The Balaban J connectivity index is 1.53. The highest BCUT2D eigenvalue weighted by molar-refractivity contribution is 6.09. The molecule has 0 saturated carbocycles. The van der Waals surface area contributed by atoms with E-state index in [1.807, 2.05) is 123 Å². The van der Waals surface area contributed by atoms with Gasteiger partial charge in [0.25, 0.3) is 11.8 Å². The molecule has 25 heteroatoms. The van der Waals surface area contributed by atoms with E-state index in [1.54, 1.807) is 51.2 Å². The highest BCUT2D eigenvalue weighted by atomic mass is 16.7. The number of likely N-dealkylation sites (tertiary alicyclic amines) is 1. The van der Waals surface area contributed by atoms with Crippen molar-refractivity contribution < 1.29 is 71.7 Å². The summed E-state index contributed by atoms with van der Waals surface area (Å²) in [6.45, 7) is 22.4. The van der Waals surface area contributed by atoms with E-state index in [0.29, 0.717) is 50.9 Å². The summed E-state index contributed by atoms with van der Waals surface area (Å²) in [7, 11) is 8.88. The minimum atomic E-state index is -1.90. The van der Waals surface area contributed by atoms with Crippen LogP contribution in [0.1, 0.15) is 177 Å². The molecule has 598 valence electrons. The minimum Gasteiger partial charge on any atom is -0.375 e. The Morgan fingerprint density at radius 1 is 0.500 bits per heavy atom. The van der Waals surface area contributed by atoms with Gasteiger partial charge in [-0.05, 0) is 140 Å². The molecule has 2 fully saturated rings. The second-order valence-electron chi connectivity index (χ2n) is 31.6. The normalized spacial score (nSPS) is 17.0. The third kappa shape index (κ3) is 27.6. The van der Waals surface area contributed by atoms with Crippen molar-refractivity contribution in [1.82, 2.24) is 50.7 Å². The van der Waals surface area contributed by atoms with Crippen molar-refractivity contribution in [2.75, 3.05) is 68.6 Å². The zero-order valence-electron chi connectivity index (χ0n) is 67.6. The Kier molecular flexibility index (Phi) is 36.5. The maximum atomic E-state index is 15.8. The molecule has 10 amide bonds. The highest BCUT2D eigenvalue weighted by Gasteiger charge is 2.45. The van der Waals surface area contributed by atoms with E-state index in [1.165, 1.54) is 66.7 Å². The van der Waals surface area contributed by atoms with Crippen LogP contribution in [0.3, 0.4) is 0 Å². The van der Waals surface area contributed by atoms with Crippen LogP contribution in [0.15, 0.2) is 91.0 Å². The third-order valence-corrected chi connectivity index (χ3v) is 20.3. The molecule has 2 heterocycles. The average molecular weight is 1500 g/mol. The van der Waals surface area contributed by atoms with Gasteiger partial charge in [0.05, 0.1) is 36.3 Å². The number of nitrogens with zero attached hydrogens (tertiary/aromatic N) is 6. The molecule has 1 unspecified atom stereocenters. The second kappa shape index (κ2) is 43.7. The van der Waals surface area contributed by atoms with Crippen molar-refractivity contribution in [2.24, 2.45) is 29.6 Å². The maximum absolute atomic E-state index is 15.8. The molecule has 3 aromatic carbocycles. The smallest absolute Gasteiger partial charge is 0.254 e. The molecule has 2 aliphatic heterocycles. The number of hydrogen-bond donors (Lipinski definition) is 4. The van der Waals surface area contributed by atoms with Crippen LogP contribution in [-0.4, -0.2) is 235 Å². The van der Waals surface area contributed by atoms with E-state index < -0.39 is 137 Å². The lowest BCUT2D eigenvalue weighted by molar-refractivity contribution is -0.193. The van der Waals surface area contributed by atoms with Crippen LogP contribution in [0.4, 0.5) is 0 Å². The molecule has 108 heavy (non-hydrogen) atoms. The zero-order valence-corrected chi connectivity index (χ0v) is 67.6. The first-order valence-corrected chi connectivity index (χ1v) is 38.8. The summed E-state index contributed by atoms with van der Waals surface area (Å²) < 4.78 is 18.8. The molecular weight excluding hydrogens is 1380 g/mol. The molecule has 2 aliphatic rings. The zero-order chi connectivity index (χ0) is 80.3. The Morgan fingerprint density at radius 3 is 1.42 bits per heavy atom. The van der Waals surface area contributed by atoms with Crippen molar-refractivity contribution in [2.45, 2.75) is 246 Å². The number of ketones is 2. The molecule has 12 atom stereocenters. The van der Waals surface area contributed by atoms with Gasteiger partial charge in [0.2, 0.25) is 47.3 Å². The number of rotatable bonds is 41. The number of Topliss-reactive ketones (excluding diaryl/α,β-unsaturated/α-hetero) is 2. The van der Waals surface area contributed by atoms with Crippen LogP contribution in [0.2, 0.25) is 0 Å². The largest absolute Gasteiger partial charge is 0.375 e. The van der Waals surface area contributed by atoms with Gasteiger partial charge in [0.1, 0.15) is 30.2 Å². The SMILES string of the molecule is CCC(=O)N(C)[C@@H](Cc1ccccc1)C(=O)C[C@@H](COC(C)(C)C)C(=O)N(C)[C@@H](Cc1ccccc1)C(=O)C[C@@H](CC(C)C)C(=O)N(C)[C@@H](CC(C)C)C(=O)N[C@H](C(=O)N(C)[C@@H](Cc1ccccc1)C(=O)N[C@@H](C(=O)N[C@H](C)C(=O)N(C)[C@@H](CC(C)C)C(=O)NC)C(=O)N1CCCCC1)[C@@H](C)OC1CCCCO1. The van der Waals surface area contributed by atoms with E-state index in [4.69, 9.17) is 14.2 Å². The molecular formula is C83H126N10O15. The molecule has 0 bridgehead atoms. The minimum absolute atomic E-state index is 0.0161. The number of likely N-dealkylation sites (N-methyl/N-ethyl adjacent to an activating group) is 6.